The molecule has 0 N–H and O–H groups in total. The number of nitrogens with zero attached hydrogens (tertiary/aromatic N) is 4. The van der Waals surface area contributed by atoms with Crippen LogP contribution in [0.15, 0.2) is 41.6 Å². The normalized spacial score (nSPS) is 17.5. The molecular weight excluding hydrogens is 460 g/mol. The van der Waals surface area contributed by atoms with E-state index in [4.69, 9.17) is 9.72 Å². The third-order valence-corrected chi connectivity index (χ3v) is 8.42. The molecule has 10 heteroatoms. The number of hydrogen-bond acceptors (Lipinski definition) is 7. The summed E-state index contributed by atoms with van der Waals surface area (Å²) in [5.74, 6) is 0.149. The van der Waals surface area contributed by atoms with Gasteiger partial charge in [0.15, 0.2) is 15.0 Å². The monoisotopic (exact) mass is 488 g/mol. The van der Waals surface area contributed by atoms with Crippen molar-refractivity contribution in [3.63, 3.8) is 0 Å². The Morgan fingerprint density at radius 1 is 1.27 bits per heavy atom. The first-order chi connectivity index (χ1) is 15.8. The van der Waals surface area contributed by atoms with Crippen molar-refractivity contribution in [3.8, 4) is 11.3 Å². The average molecular weight is 489 g/mol. The second-order valence-electron chi connectivity index (χ2n) is 8.26. The summed E-state index contributed by atoms with van der Waals surface area (Å²) in [6.45, 7) is 4.69. The number of amides is 1. The second kappa shape index (κ2) is 9.82. The van der Waals surface area contributed by atoms with Gasteiger partial charge in [-0.05, 0) is 31.9 Å². The molecule has 8 nitrogen and oxygen atoms in total. The van der Waals surface area contributed by atoms with Gasteiger partial charge in [-0.2, -0.15) is 5.10 Å². The quantitative estimate of drug-likeness (QED) is 0.450. The molecule has 1 fully saturated rings. The highest BCUT2D eigenvalue weighted by Crippen LogP contribution is 2.31. The van der Waals surface area contributed by atoms with E-state index in [1.165, 1.54) is 11.8 Å². The van der Waals surface area contributed by atoms with Crippen molar-refractivity contribution in [2.45, 2.75) is 31.5 Å². The number of ether oxygens (including phenoxy) is 1. The number of rotatable bonds is 8. The number of fused-ring (bicyclic) bond motifs is 1. The first-order valence-corrected chi connectivity index (χ1v) is 13.6. The Kier molecular flexibility index (Phi) is 7.06. The largest absolute Gasteiger partial charge is 0.383 e. The first kappa shape index (κ1) is 23.7. The molecule has 2 aromatic heterocycles. The van der Waals surface area contributed by atoms with Crippen molar-refractivity contribution in [2.24, 2.45) is 0 Å². The molecule has 1 amide bonds. The van der Waals surface area contributed by atoms with Gasteiger partial charge in [-0.1, -0.05) is 42.1 Å². The summed E-state index contributed by atoms with van der Waals surface area (Å²) < 4.78 is 30.9. The molecule has 0 aliphatic carbocycles. The number of hydrogen-bond donors (Lipinski definition) is 0. The Hall–Kier alpha value is -2.43. The van der Waals surface area contributed by atoms with Gasteiger partial charge in [0.05, 0.1) is 40.8 Å². The number of benzene rings is 1. The molecule has 1 aromatic carbocycles. The summed E-state index contributed by atoms with van der Waals surface area (Å²) in [7, 11) is -1.53. The first-order valence-electron chi connectivity index (χ1n) is 10.8. The molecule has 0 unspecified atom stereocenters. The summed E-state index contributed by atoms with van der Waals surface area (Å²) in [4.78, 5) is 19.7. The highest BCUT2D eigenvalue weighted by Gasteiger charge is 2.34. The maximum absolute atomic E-state index is 13.2. The number of carbonyl (C=O) groups is 1. The number of imidazole rings is 1. The Morgan fingerprint density at radius 2 is 2.03 bits per heavy atom. The predicted molar refractivity (Wildman–Crippen MR) is 129 cm³/mol. The van der Waals surface area contributed by atoms with Gasteiger partial charge >= 0.3 is 0 Å². The van der Waals surface area contributed by atoms with Crippen LogP contribution in [0.5, 0.6) is 0 Å². The molecule has 0 saturated carbocycles. The van der Waals surface area contributed by atoms with E-state index in [0.29, 0.717) is 24.7 Å². The van der Waals surface area contributed by atoms with Crippen molar-refractivity contribution >= 4 is 33.0 Å². The number of methoxy groups -OCH3 is 1. The minimum Gasteiger partial charge on any atom is -0.383 e. The van der Waals surface area contributed by atoms with E-state index in [1.54, 1.807) is 12.0 Å². The Bertz CT molecular complexity index is 1260. The lowest BCUT2D eigenvalue weighted by Crippen LogP contribution is -2.44. The zero-order chi connectivity index (χ0) is 23.6. The molecule has 1 saturated heterocycles. The molecule has 0 bridgehead atoms. The molecule has 1 aliphatic rings. The zero-order valence-electron chi connectivity index (χ0n) is 19.0. The number of thioether (sulfide) groups is 1. The minimum atomic E-state index is -3.10. The van der Waals surface area contributed by atoms with Crippen molar-refractivity contribution in [2.75, 3.05) is 37.5 Å². The Balaban J connectivity index is 1.61. The SMILES string of the molecule is COCCN(C(=O)CSc1nc(-c2ccccc2)c2c(C)cc(C)nn12)[C@H]1CCS(=O)(=O)C1. The lowest BCUT2D eigenvalue weighted by Gasteiger charge is -2.27. The summed E-state index contributed by atoms with van der Waals surface area (Å²) in [5.41, 5.74) is 4.65. The fourth-order valence-corrected chi connectivity index (χ4v) is 6.79. The molecule has 3 heterocycles. The lowest BCUT2D eigenvalue weighted by molar-refractivity contribution is -0.130. The summed E-state index contributed by atoms with van der Waals surface area (Å²) >= 11 is 1.32. The van der Waals surface area contributed by atoms with Crippen molar-refractivity contribution < 1.29 is 17.9 Å². The fraction of sp³-hybridized carbons (Fsp3) is 0.435. The van der Waals surface area contributed by atoms with Crippen LogP contribution < -0.4 is 0 Å². The van der Waals surface area contributed by atoms with Gasteiger partial charge in [-0.25, -0.2) is 17.9 Å². The number of sulfone groups is 1. The van der Waals surface area contributed by atoms with E-state index in [1.807, 2.05) is 54.8 Å². The zero-order valence-corrected chi connectivity index (χ0v) is 20.7. The third kappa shape index (κ3) is 5.23. The van der Waals surface area contributed by atoms with Crippen LogP contribution in [0.25, 0.3) is 16.8 Å². The van der Waals surface area contributed by atoms with Crippen LogP contribution in [0.2, 0.25) is 0 Å². The van der Waals surface area contributed by atoms with Crippen LogP contribution >= 0.6 is 11.8 Å². The van der Waals surface area contributed by atoms with Gasteiger partial charge in [-0.15, -0.1) is 0 Å². The molecule has 33 heavy (non-hydrogen) atoms. The van der Waals surface area contributed by atoms with Crippen molar-refractivity contribution in [1.82, 2.24) is 19.5 Å². The number of carbonyl (C=O) groups excluding carboxylic acids is 1. The Labute approximate surface area is 198 Å². The maximum Gasteiger partial charge on any atom is 0.233 e. The van der Waals surface area contributed by atoms with Crippen LogP contribution in [0.3, 0.4) is 0 Å². The standard InChI is InChI=1S/C23H28N4O4S2/c1-16-13-17(2)25-27-22(16)21(18-7-5-4-6-8-18)24-23(27)32-14-20(28)26(10-11-31-3)19-9-12-33(29,30)15-19/h4-8,13,19H,9-12,14-15H2,1-3H3/t19-/m0/s1. The highest BCUT2D eigenvalue weighted by atomic mass is 32.2. The van der Waals surface area contributed by atoms with Crippen LogP contribution in [0.4, 0.5) is 0 Å². The lowest BCUT2D eigenvalue weighted by atomic mass is 10.1. The van der Waals surface area contributed by atoms with Gasteiger partial charge in [0.2, 0.25) is 5.91 Å². The molecule has 0 spiro atoms. The van der Waals surface area contributed by atoms with E-state index in [0.717, 1.165) is 28.0 Å². The average Bonchev–Trinajstić information content (AvgIpc) is 3.33. The van der Waals surface area contributed by atoms with E-state index >= 15 is 0 Å². The summed E-state index contributed by atoms with van der Waals surface area (Å²) in [6.07, 6.45) is 0.465. The molecule has 1 atom stereocenters. The fourth-order valence-electron chi connectivity index (χ4n) is 4.23. The maximum atomic E-state index is 13.2. The van der Waals surface area contributed by atoms with E-state index < -0.39 is 9.84 Å². The second-order valence-corrected chi connectivity index (χ2v) is 11.4. The van der Waals surface area contributed by atoms with Gasteiger partial charge in [0, 0.05) is 25.3 Å². The van der Waals surface area contributed by atoms with Crippen LogP contribution in [0, 0.1) is 13.8 Å². The molecular formula is C23H28N4O4S2. The smallest absolute Gasteiger partial charge is 0.233 e. The highest BCUT2D eigenvalue weighted by molar-refractivity contribution is 7.99. The van der Waals surface area contributed by atoms with Gasteiger partial charge in [0.1, 0.15) is 0 Å². The van der Waals surface area contributed by atoms with Gasteiger partial charge < -0.3 is 9.64 Å². The third-order valence-electron chi connectivity index (χ3n) is 5.76. The van der Waals surface area contributed by atoms with Crippen molar-refractivity contribution in [3.05, 3.63) is 47.7 Å². The summed E-state index contributed by atoms with van der Waals surface area (Å²) in [6, 6.07) is 11.6. The number of aromatic nitrogens is 3. The van der Waals surface area contributed by atoms with Crippen LogP contribution in [-0.4, -0.2) is 77.4 Å². The molecule has 3 aromatic rings. The van der Waals surface area contributed by atoms with Crippen LogP contribution in [0.1, 0.15) is 17.7 Å². The molecule has 4 rings (SSSR count). The topological polar surface area (TPSA) is 93.9 Å². The predicted octanol–water partition coefficient (Wildman–Crippen LogP) is 2.77. The molecule has 1 aliphatic heterocycles. The van der Waals surface area contributed by atoms with Gasteiger partial charge in [-0.3, -0.25) is 4.79 Å². The Morgan fingerprint density at radius 3 is 2.70 bits per heavy atom. The van der Waals surface area contributed by atoms with Crippen LogP contribution in [-0.2, 0) is 19.4 Å². The summed E-state index contributed by atoms with van der Waals surface area (Å²) in [5, 5.41) is 5.29. The van der Waals surface area contributed by atoms with E-state index in [9.17, 15) is 13.2 Å². The van der Waals surface area contributed by atoms with E-state index in [2.05, 4.69) is 5.10 Å². The molecule has 0 radical (unpaired) electrons. The minimum absolute atomic E-state index is 0.0114. The van der Waals surface area contributed by atoms with E-state index in [-0.39, 0.29) is 29.2 Å². The molecule has 176 valence electrons. The van der Waals surface area contributed by atoms with Crippen molar-refractivity contribution in [1.29, 1.82) is 0 Å². The van der Waals surface area contributed by atoms with Gasteiger partial charge in [0.25, 0.3) is 0 Å². The number of aryl methyl sites for hydroxylation is 2.